The predicted octanol–water partition coefficient (Wildman–Crippen LogP) is 2.22. The maximum atomic E-state index is 6.07. The number of hydrogen-bond donors (Lipinski definition) is 0. The second-order valence-corrected chi connectivity index (χ2v) is 6.01. The average molecular weight is 241 g/mol. The molecule has 2 aromatic carbocycles. The topological polar surface area (TPSA) is 9.23 Å². The third kappa shape index (κ3) is 3.28. The van der Waals surface area contributed by atoms with Crippen LogP contribution >= 0.6 is 0 Å². The second kappa shape index (κ2) is 6.38. The van der Waals surface area contributed by atoms with E-state index in [1.165, 1.54) is 10.4 Å². The molecular weight excluding hydrogens is 224 g/mol. The highest BCUT2D eigenvalue weighted by Gasteiger charge is 2.17. The summed E-state index contributed by atoms with van der Waals surface area (Å²) >= 11 is 0. The summed E-state index contributed by atoms with van der Waals surface area (Å²) in [5, 5.41) is 2.63. The van der Waals surface area contributed by atoms with Crippen molar-refractivity contribution in [3.05, 3.63) is 60.7 Å². The van der Waals surface area contributed by atoms with Gasteiger partial charge in [0.25, 0.3) is 9.04 Å². The monoisotopic (exact) mass is 241 g/mol. The SMILES string of the molecule is CCCO[Si](c1ccccc1)c1ccccc1. The lowest BCUT2D eigenvalue weighted by Crippen LogP contribution is -2.45. The predicted molar refractivity (Wildman–Crippen MR) is 74.1 cm³/mol. The summed E-state index contributed by atoms with van der Waals surface area (Å²) < 4.78 is 6.07. The molecule has 17 heavy (non-hydrogen) atoms. The van der Waals surface area contributed by atoms with Crippen LogP contribution in [0.15, 0.2) is 60.7 Å². The summed E-state index contributed by atoms with van der Waals surface area (Å²) in [5.74, 6) is 0. The van der Waals surface area contributed by atoms with E-state index in [-0.39, 0.29) is 0 Å². The van der Waals surface area contributed by atoms with Crippen molar-refractivity contribution in [3.63, 3.8) is 0 Å². The Bertz CT molecular complexity index is 388. The van der Waals surface area contributed by atoms with Crippen LogP contribution in [-0.4, -0.2) is 15.6 Å². The standard InChI is InChI=1S/C15H17OSi/c1-2-13-16-17(14-9-5-3-6-10-14)15-11-7-4-8-12-15/h3-12H,2,13H2,1H3. The van der Waals surface area contributed by atoms with E-state index in [9.17, 15) is 0 Å². The van der Waals surface area contributed by atoms with Gasteiger partial charge in [0.15, 0.2) is 0 Å². The molecule has 0 bridgehead atoms. The Morgan fingerprint density at radius 3 is 1.71 bits per heavy atom. The van der Waals surface area contributed by atoms with Crippen molar-refractivity contribution < 1.29 is 4.43 Å². The van der Waals surface area contributed by atoms with Gasteiger partial charge in [-0.25, -0.2) is 0 Å². The highest BCUT2D eigenvalue weighted by Crippen LogP contribution is 1.95. The van der Waals surface area contributed by atoms with E-state index in [0.29, 0.717) is 0 Å². The van der Waals surface area contributed by atoms with Crippen molar-refractivity contribution in [2.24, 2.45) is 0 Å². The highest BCUT2D eigenvalue weighted by atomic mass is 28.3. The summed E-state index contributed by atoms with van der Waals surface area (Å²) in [5.41, 5.74) is 0. The van der Waals surface area contributed by atoms with Gasteiger partial charge in [-0.3, -0.25) is 0 Å². The average Bonchev–Trinajstić information content (AvgIpc) is 2.42. The molecule has 0 fully saturated rings. The van der Waals surface area contributed by atoms with Gasteiger partial charge in [0.1, 0.15) is 0 Å². The van der Waals surface area contributed by atoms with Crippen LogP contribution in [0.2, 0.25) is 0 Å². The zero-order chi connectivity index (χ0) is 11.9. The zero-order valence-corrected chi connectivity index (χ0v) is 11.1. The molecule has 0 atom stereocenters. The molecule has 2 heteroatoms. The molecule has 0 heterocycles. The summed E-state index contributed by atoms with van der Waals surface area (Å²) in [7, 11) is -1.06. The van der Waals surface area contributed by atoms with Gasteiger partial charge < -0.3 is 4.43 Å². The third-order valence-electron chi connectivity index (χ3n) is 2.52. The molecule has 0 aromatic heterocycles. The third-order valence-corrected chi connectivity index (χ3v) is 4.73. The van der Waals surface area contributed by atoms with E-state index in [0.717, 1.165) is 13.0 Å². The fraction of sp³-hybridized carbons (Fsp3) is 0.200. The summed E-state index contributed by atoms with van der Waals surface area (Å²) in [4.78, 5) is 0. The minimum atomic E-state index is -1.06. The first-order chi connectivity index (χ1) is 8.42. The van der Waals surface area contributed by atoms with Crippen molar-refractivity contribution in [3.8, 4) is 0 Å². The Morgan fingerprint density at radius 1 is 0.824 bits per heavy atom. The lowest BCUT2D eigenvalue weighted by Gasteiger charge is -2.15. The molecule has 0 saturated heterocycles. The van der Waals surface area contributed by atoms with Gasteiger partial charge >= 0.3 is 0 Å². The maximum absolute atomic E-state index is 6.07. The van der Waals surface area contributed by atoms with Gasteiger partial charge in [-0.15, -0.1) is 0 Å². The summed E-state index contributed by atoms with van der Waals surface area (Å²) in [6, 6.07) is 21.1. The second-order valence-electron chi connectivity index (χ2n) is 3.91. The van der Waals surface area contributed by atoms with Gasteiger partial charge in [-0.05, 0) is 16.8 Å². The van der Waals surface area contributed by atoms with Gasteiger partial charge in [0, 0.05) is 6.61 Å². The molecule has 0 aliphatic rings. The Hall–Kier alpha value is -1.38. The van der Waals surface area contributed by atoms with Crippen LogP contribution in [0, 0.1) is 0 Å². The molecule has 0 amide bonds. The first-order valence-corrected chi connectivity index (χ1v) is 7.43. The molecule has 0 saturated carbocycles. The van der Waals surface area contributed by atoms with Crippen LogP contribution in [0.25, 0.3) is 0 Å². The molecule has 0 aliphatic heterocycles. The number of benzene rings is 2. The Morgan fingerprint density at radius 2 is 1.29 bits per heavy atom. The van der Waals surface area contributed by atoms with Crippen LogP contribution in [-0.2, 0) is 4.43 Å². The molecular formula is C15H17OSi. The van der Waals surface area contributed by atoms with Crippen LogP contribution in [0.1, 0.15) is 13.3 Å². The lowest BCUT2D eigenvalue weighted by molar-refractivity contribution is 0.333. The van der Waals surface area contributed by atoms with E-state index >= 15 is 0 Å². The van der Waals surface area contributed by atoms with Crippen molar-refractivity contribution in [2.75, 3.05) is 6.61 Å². The van der Waals surface area contributed by atoms with Crippen molar-refractivity contribution >= 4 is 19.4 Å². The minimum absolute atomic E-state index is 0.831. The largest absolute Gasteiger partial charge is 0.407 e. The molecule has 0 N–H and O–H groups in total. The Kier molecular flexibility index (Phi) is 4.53. The first-order valence-electron chi connectivity index (χ1n) is 6.02. The molecule has 0 spiro atoms. The summed E-state index contributed by atoms with van der Waals surface area (Å²) in [6.45, 7) is 2.98. The van der Waals surface area contributed by atoms with Crippen molar-refractivity contribution in [1.82, 2.24) is 0 Å². The molecule has 1 nitrogen and oxygen atoms in total. The van der Waals surface area contributed by atoms with E-state index in [1.807, 2.05) is 12.1 Å². The van der Waals surface area contributed by atoms with Crippen LogP contribution < -0.4 is 10.4 Å². The number of hydrogen-bond acceptors (Lipinski definition) is 1. The smallest absolute Gasteiger partial charge is 0.282 e. The van der Waals surface area contributed by atoms with Gasteiger partial charge in [-0.1, -0.05) is 67.6 Å². The minimum Gasteiger partial charge on any atom is -0.407 e. The van der Waals surface area contributed by atoms with Gasteiger partial charge in [0.2, 0.25) is 0 Å². The van der Waals surface area contributed by atoms with Crippen molar-refractivity contribution in [2.45, 2.75) is 13.3 Å². The lowest BCUT2D eigenvalue weighted by atomic mass is 10.4. The molecule has 87 valence electrons. The molecule has 2 aromatic rings. The van der Waals surface area contributed by atoms with Crippen LogP contribution in [0.4, 0.5) is 0 Å². The normalized spacial score (nSPS) is 10.7. The highest BCUT2D eigenvalue weighted by molar-refractivity contribution is 6.80. The molecule has 0 unspecified atom stereocenters. The van der Waals surface area contributed by atoms with E-state index in [1.54, 1.807) is 0 Å². The molecule has 2 rings (SSSR count). The zero-order valence-electron chi connectivity index (χ0n) is 10.1. The summed E-state index contributed by atoms with van der Waals surface area (Å²) in [6.07, 6.45) is 1.06. The molecule has 1 radical (unpaired) electrons. The van der Waals surface area contributed by atoms with E-state index in [4.69, 9.17) is 4.43 Å². The van der Waals surface area contributed by atoms with E-state index < -0.39 is 9.04 Å². The quantitative estimate of drug-likeness (QED) is 0.729. The Labute approximate surface area is 105 Å². The van der Waals surface area contributed by atoms with Gasteiger partial charge in [-0.2, -0.15) is 0 Å². The van der Waals surface area contributed by atoms with Crippen molar-refractivity contribution in [1.29, 1.82) is 0 Å². The van der Waals surface area contributed by atoms with E-state index in [2.05, 4.69) is 55.5 Å². The fourth-order valence-electron chi connectivity index (χ4n) is 1.72. The first kappa shape index (κ1) is 12.1. The molecule has 0 aliphatic carbocycles. The van der Waals surface area contributed by atoms with Gasteiger partial charge in [0.05, 0.1) is 0 Å². The van der Waals surface area contributed by atoms with Crippen LogP contribution in [0.3, 0.4) is 0 Å². The van der Waals surface area contributed by atoms with Crippen LogP contribution in [0.5, 0.6) is 0 Å². The number of rotatable bonds is 5. The Balaban J connectivity index is 2.26. The fourth-order valence-corrected chi connectivity index (χ4v) is 3.78. The maximum Gasteiger partial charge on any atom is 0.282 e.